The molecular formula is C52H33NOS. The van der Waals surface area contributed by atoms with Crippen LogP contribution in [-0.2, 0) is 0 Å². The van der Waals surface area contributed by atoms with Gasteiger partial charge in [-0.05, 0) is 105 Å². The second-order valence-corrected chi connectivity index (χ2v) is 15.2. The Kier molecular flexibility index (Phi) is 7.39. The van der Waals surface area contributed by atoms with Crippen LogP contribution in [0.4, 0.5) is 17.1 Å². The predicted octanol–water partition coefficient (Wildman–Crippen LogP) is 15.6. The van der Waals surface area contributed by atoms with E-state index in [-0.39, 0.29) is 0 Å². The first-order chi connectivity index (χ1) is 27.2. The average molecular weight is 720 g/mol. The van der Waals surface area contributed by atoms with Crippen LogP contribution < -0.4 is 4.90 Å². The van der Waals surface area contributed by atoms with Gasteiger partial charge in [-0.15, -0.1) is 11.3 Å². The first-order valence-corrected chi connectivity index (χ1v) is 19.5. The smallest absolute Gasteiger partial charge is 0.137 e. The van der Waals surface area contributed by atoms with Crippen molar-refractivity contribution in [3.63, 3.8) is 0 Å². The standard InChI is InChI=1S/C52H33NOS/c1-2-11-34(12-3-1)36-23-25-40(26-24-36)53(42-27-28-45-44-17-6-8-19-47(44)54-48(45)33-42)41-16-10-15-38(32-41)43-29-30-50-52(46-18-7-9-20-49(46)55-50)51(43)39-22-21-35-13-4-5-14-37(35)31-39/h1-33H. The Labute approximate surface area is 322 Å². The van der Waals surface area contributed by atoms with Gasteiger partial charge in [0.05, 0.1) is 0 Å². The van der Waals surface area contributed by atoms with Gasteiger partial charge in [0.25, 0.3) is 0 Å². The summed E-state index contributed by atoms with van der Waals surface area (Å²) in [6.45, 7) is 0. The minimum atomic E-state index is 0.870. The molecule has 0 amide bonds. The highest BCUT2D eigenvalue weighted by atomic mass is 32.1. The maximum Gasteiger partial charge on any atom is 0.137 e. The molecule has 2 heterocycles. The van der Waals surface area contributed by atoms with Crippen LogP contribution >= 0.6 is 11.3 Å². The number of furan rings is 1. The van der Waals surface area contributed by atoms with Crippen molar-refractivity contribution in [2.45, 2.75) is 0 Å². The summed E-state index contributed by atoms with van der Waals surface area (Å²) in [7, 11) is 0. The van der Waals surface area contributed by atoms with E-state index in [4.69, 9.17) is 4.42 Å². The van der Waals surface area contributed by atoms with Gasteiger partial charge in [-0.2, -0.15) is 0 Å². The van der Waals surface area contributed by atoms with E-state index in [1.807, 2.05) is 23.5 Å². The number of hydrogen-bond acceptors (Lipinski definition) is 3. The number of benzene rings is 9. The summed E-state index contributed by atoms with van der Waals surface area (Å²) >= 11 is 1.87. The molecule has 0 atom stereocenters. The van der Waals surface area contributed by atoms with Crippen LogP contribution in [0.5, 0.6) is 0 Å². The lowest BCUT2D eigenvalue weighted by Gasteiger charge is -2.26. The largest absolute Gasteiger partial charge is 0.456 e. The second-order valence-electron chi connectivity index (χ2n) is 14.1. The van der Waals surface area contributed by atoms with Crippen molar-refractivity contribution in [1.82, 2.24) is 0 Å². The number of thiophene rings is 1. The Hall–Kier alpha value is -6.94. The Balaban J connectivity index is 1.12. The molecule has 0 aliphatic heterocycles. The van der Waals surface area contributed by atoms with Gasteiger partial charge >= 0.3 is 0 Å². The Bertz CT molecular complexity index is 3210. The molecule has 2 nitrogen and oxygen atoms in total. The van der Waals surface area contributed by atoms with Gasteiger partial charge in [0.1, 0.15) is 11.2 Å². The lowest BCUT2D eigenvalue weighted by Crippen LogP contribution is -2.10. The average Bonchev–Trinajstić information content (AvgIpc) is 3.82. The summed E-state index contributed by atoms with van der Waals surface area (Å²) in [6.07, 6.45) is 0. The Morgan fingerprint density at radius 2 is 1.04 bits per heavy atom. The Morgan fingerprint density at radius 1 is 0.364 bits per heavy atom. The van der Waals surface area contributed by atoms with E-state index in [9.17, 15) is 0 Å². The molecule has 3 heteroatoms. The summed E-state index contributed by atoms with van der Waals surface area (Å²) in [6, 6.07) is 72.3. The van der Waals surface area contributed by atoms with Crippen molar-refractivity contribution in [3.05, 3.63) is 200 Å². The van der Waals surface area contributed by atoms with Crippen molar-refractivity contribution >= 4 is 81.3 Å². The molecule has 0 bridgehead atoms. The van der Waals surface area contributed by atoms with Crippen LogP contribution in [-0.4, -0.2) is 0 Å². The van der Waals surface area contributed by atoms with Crippen LogP contribution in [0.25, 0.3) is 86.3 Å². The number of fused-ring (bicyclic) bond motifs is 7. The first-order valence-electron chi connectivity index (χ1n) is 18.7. The minimum absolute atomic E-state index is 0.870. The van der Waals surface area contributed by atoms with E-state index in [1.165, 1.54) is 58.8 Å². The van der Waals surface area contributed by atoms with E-state index < -0.39 is 0 Å². The summed E-state index contributed by atoms with van der Waals surface area (Å²) in [5, 5.41) is 7.33. The molecule has 0 saturated carbocycles. The lowest BCUT2D eigenvalue weighted by atomic mass is 9.89. The summed E-state index contributed by atoms with van der Waals surface area (Å²) < 4.78 is 9.02. The third kappa shape index (κ3) is 5.40. The van der Waals surface area contributed by atoms with Crippen molar-refractivity contribution in [3.8, 4) is 33.4 Å². The molecule has 0 aliphatic carbocycles. The molecule has 0 aliphatic rings. The maximum absolute atomic E-state index is 6.42. The summed E-state index contributed by atoms with van der Waals surface area (Å²) in [5.74, 6) is 0. The van der Waals surface area contributed by atoms with Crippen molar-refractivity contribution < 1.29 is 4.42 Å². The molecule has 0 spiro atoms. The molecule has 0 saturated heterocycles. The normalized spacial score (nSPS) is 11.6. The first kappa shape index (κ1) is 31.6. The molecule has 2 aromatic heterocycles. The zero-order valence-electron chi connectivity index (χ0n) is 29.8. The van der Waals surface area contributed by atoms with Gasteiger partial charge in [0.15, 0.2) is 0 Å². The van der Waals surface area contributed by atoms with Crippen LogP contribution in [0.15, 0.2) is 205 Å². The lowest BCUT2D eigenvalue weighted by molar-refractivity contribution is 0.669. The van der Waals surface area contributed by atoms with Gasteiger partial charge in [0.2, 0.25) is 0 Å². The highest BCUT2D eigenvalue weighted by Gasteiger charge is 2.20. The number of anilines is 3. The van der Waals surface area contributed by atoms with Gasteiger partial charge in [0, 0.05) is 54.1 Å². The van der Waals surface area contributed by atoms with E-state index >= 15 is 0 Å². The third-order valence-electron chi connectivity index (χ3n) is 10.9. The Morgan fingerprint density at radius 3 is 1.93 bits per heavy atom. The molecule has 11 aromatic rings. The minimum Gasteiger partial charge on any atom is -0.456 e. The molecule has 55 heavy (non-hydrogen) atoms. The molecule has 11 rings (SSSR count). The maximum atomic E-state index is 6.42. The predicted molar refractivity (Wildman–Crippen MR) is 235 cm³/mol. The SMILES string of the molecule is c1ccc(-c2ccc(N(c3cccc(-c4ccc5sc6ccccc6c5c4-c4ccc5ccccc5c4)c3)c3ccc4c(c3)oc3ccccc34)cc2)cc1. The summed E-state index contributed by atoms with van der Waals surface area (Å²) in [4.78, 5) is 2.35. The number of hydrogen-bond donors (Lipinski definition) is 0. The number of rotatable bonds is 6. The van der Waals surface area contributed by atoms with Gasteiger partial charge in [-0.1, -0.05) is 133 Å². The van der Waals surface area contributed by atoms with Crippen molar-refractivity contribution in [2.75, 3.05) is 4.90 Å². The topological polar surface area (TPSA) is 16.4 Å². The molecular weight excluding hydrogens is 687 g/mol. The van der Waals surface area contributed by atoms with Crippen molar-refractivity contribution in [1.29, 1.82) is 0 Å². The fourth-order valence-corrected chi connectivity index (χ4v) is 9.36. The molecule has 0 unspecified atom stereocenters. The van der Waals surface area contributed by atoms with E-state index in [0.717, 1.165) is 44.6 Å². The zero-order chi connectivity index (χ0) is 36.3. The van der Waals surface area contributed by atoms with E-state index in [2.05, 4.69) is 193 Å². The van der Waals surface area contributed by atoms with Crippen LogP contribution in [0.1, 0.15) is 0 Å². The second kappa shape index (κ2) is 12.9. The monoisotopic (exact) mass is 719 g/mol. The van der Waals surface area contributed by atoms with Crippen LogP contribution in [0.3, 0.4) is 0 Å². The molecule has 0 N–H and O–H groups in total. The highest BCUT2D eigenvalue weighted by molar-refractivity contribution is 7.26. The van der Waals surface area contributed by atoms with Gasteiger partial charge < -0.3 is 9.32 Å². The molecule has 258 valence electrons. The number of para-hydroxylation sites is 1. The number of nitrogens with zero attached hydrogens (tertiary/aromatic N) is 1. The molecule has 9 aromatic carbocycles. The fraction of sp³-hybridized carbons (Fsp3) is 0. The quantitative estimate of drug-likeness (QED) is 0.170. The summed E-state index contributed by atoms with van der Waals surface area (Å²) in [5.41, 5.74) is 12.2. The van der Waals surface area contributed by atoms with E-state index in [0.29, 0.717) is 0 Å². The molecule has 0 fully saturated rings. The van der Waals surface area contributed by atoms with Crippen molar-refractivity contribution in [2.24, 2.45) is 0 Å². The van der Waals surface area contributed by atoms with Crippen LogP contribution in [0, 0.1) is 0 Å². The zero-order valence-corrected chi connectivity index (χ0v) is 30.6. The van der Waals surface area contributed by atoms with E-state index in [1.54, 1.807) is 0 Å². The van der Waals surface area contributed by atoms with Gasteiger partial charge in [-0.25, -0.2) is 0 Å². The van der Waals surface area contributed by atoms with Crippen LogP contribution in [0.2, 0.25) is 0 Å². The fourth-order valence-electron chi connectivity index (χ4n) is 8.25. The third-order valence-corrected chi connectivity index (χ3v) is 12.0. The van der Waals surface area contributed by atoms with Gasteiger partial charge in [-0.3, -0.25) is 0 Å². The highest BCUT2D eigenvalue weighted by Crippen LogP contribution is 2.47. The molecule has 0 radical (unpaired) electrons.